The molecule has 16 aromatic rings. The summed E-state index contributed by atoms with van der Waals surface area (Å²) >= 11 is 3.98. The van der Waals surface area contributed by atoms with Gasteiger partial charge in [0, 0.05) is 68.3 Å². The number of rotatable bonds is 5. The first-order valence-corrected chi connectivity index (χ1v) is 33.0. The van der Waals surface area contributed by atoms with Crippen LogP contribution in [0.15, 0.2) is 332 Å². The quantitative estimate of drug-likeness (QED) is 0.0331. The topological polar surface area (TPSA) is 330 Å². The van der Waals surface area contributed by atoms with Crippen LogP contribution in [0, 0.1) is 49.4 Å². The molecule has 0 heterocycles. The Kier molecular flexibility index (Phi) is 34.5. The number of aromatic hydroxyl groups is 9. The van der Waals surface area contributed by atoms with Crippen molar-refractivity contribution in [3.63, 3.8) is 0 Å². The largest absolute Gasteiger partial charge is 0.534 e. The molecule has 112 heavy (non-hydrogen) atoms. The van der Waals surface area contributed by atoms with Crippen molar-refractivity contribution < 1.29 is 70.2 Å². The fraction of sp³-hybridized carbons (Fsp3) is 0.0345. The van der Waals surface area contributed by atoms with E-state index in [9.17, 15) is 55.9 Å². The monoisotopic (exact) mass is 2500 g/mol. The second-order valence-corrected chi connectivity index (χ2v) is 23.2. The molecule has 0 aliphatic rings. The van der Waals surface area contributed by atoms with Gasteiger partial charge in [0.1, 0.15) is 51.7 Å². The van der Waals surface area contributed by atoms with Crippen LogP contribution in [0.1, 0.15) is 5.56 Å². The van der Waals surface area contributed by atoms with E-state index in [0.717, 1.165) is 92.7 Å². The van der Waals surface area contributed by atoms with E-state index >= 15 is 0 Å². The predicted molar refractivity (Wildman–Crippen MR) is 427 cm³/mol. The minimum absolute atomic E-state index is 0. The third-order valence-electron chi connectivity index (χ3n) is 15.3. The zero-order valence-electron chi connectivity index (χ0n) is 59.3. The van der Waals surface area contributed by atoms with Gasteiger partial charge in [-0.05, 0) is 130 Å². The van der Waals surface area contributed by atoms with E-state index in [2.05, 4.69) is 24.8 Å². The smallest absolute Gasteiger partial charge is 0.273 e. The number of phenols is 9. The number of methoxy groups -OCH3 is 2. The molecule has 16 aromatic carbocycles. The summed E-state index contributed by atoms with van der Waals surface area (Å²) in [7, 11) is 3.25. The first-order chi connectivity index (χ1) is 52.0. The summed E-state index contributed by atoms with van der Waals surface area (Å²) in [5, 5.41) is 124. The maximum atomic E-state index is 10.1. The van der Waals surface area contributed by atoms with Gasteiger partial charge in [0.05, 0.1) is 35.1 Å². The minimum atomic E-state index is -0.556. The second-order valence-electron chi connectivity index (χ2n) is 22.7. The number of ether oxygens (including phenoxy) is 2. The fourth-order valence-corrected chi connectivity index (χ4v) is 9.96. The molecular weight excluding hydrogens is 2430 g/mol. The van der Waals surface area contributed by atoms with E-state index < -0.39 is 14.8 Å². The molecule has 20 nitrogen and oxygen atoms in total. The van der Waals surface area contributed by atoms with Gasteiger partial charge in [-0.3, -0.25) is 30.3 Å². The van der Waals surface area contributed by atoms with E-state index in [1.54, 1.807) is 99.1 Å². The third-order valence-corrected chi connectivity index (χ3v) is 15.6. The molecule has 25 heteroatoms. The van der Waals surface area contributed by atoms with Crippen LogP contribution in [-0.4, -0.2) is 74.9 Å². The van der Waals surface area contributed by atoms with Gasteiger partial charge in [0.25, 0.3) is 17.1 Å². The molecule has 0 saturated heterocycles. The van der Waals surface area contributed by atoms with Crippen molar-refractivity contribution in [2.75, 3.05) is 14.2 Å². The van der Waals surface area contributed by atoms with Crippen LogP contribution in [0.4, 0.5) is 17.1 Å². The van der Waals surface area contributed by atoms with Gasteiger partial charge in [-0.25, -0.2) is 0 Å². The molecule has 0 amide bonds. The number of phenolic OH excluding ortho intramolecular Hbond substituents is 9. The SMILES string of the molecule is COc1ccc(O)c2ccccc12.COc1ccc2ccc(O)cc2c1.Cc1ccc2ccccc2c1O.O=[N+]([O-])c1ccc(O)cc1.O=[N+]([O-])c1ccc(S)cc1.O=[N+]([O-])c1cccc(O)c1.Oc1[c-]ccc2ccccc12.Oc1[c-]cccc1.Oc1ccc2ccccc2c1.Oc1cccc2ccccc12.[No].[No].[No].[No]. The van der Waals surface area contributed by atoms with Crippen LogP contribution in [-0.2, 0) is 0 Å². The molecule has 0 saturated carbocycles. The Morgan fingerprint density at radius 3 is 1.28 bits per heavy atom. The Hall–Kier alpha value is -18.6. The Morgan fingerprint density at radius 1 is 0.321 bits per heavy atom. The predicted octanol–water partition coefficient (Wildman–Crippen LogP) is 21.1. The number of aryl methyl sites for hydroxylation is 1. The summed E-state index contributed by atoms with van der Waals surface area (Å²) in [5.74, 6) is 3.59. The number of fused-ring (bicyclic) bond motifs is 6. The molecule has 0 fully saturated rings. The molecule has 0 unspecified atom stereocenters. The number of nitrogens with zero attached hydrogens (tertiary/aromatic N) is 3. The van der Waals surface area contributed by atoms with Crippen molar-refractivity contribution in [2.45, 2.75) is 11.8 Å². The molecule has 9 N–H and O–H groups in total. The number of non-ortho nitro benzene ring substituents is 3. The first kappa shape index (κ1) is 87.6. The zero-order valence-corrected chi connectivity index (χ0v) is 69.1. The van der Waals surface area contributed by atoms with Gasteiger partial charge < -0.3 is 55.4 Å². The van der Waals surface area contributed by atoms with Crippen LogP contribution in [0.3, 0.4) is 0 Å². The fourth-order valence-electron chi connectivity index (χ4n) is 9.81. The number of hydrogen-bond acceptors (Lipinski definition) is 18. The number of para-hydroxylation sites is 1. The van der Waals surface area contributed by atoms with E-state index in [0.29, 0.717) is 17.2 Å². The number of thiol groups is 1. The number of benzene rings is 16. The third kappa shape index (κ3) is 26.7. The standard InChI is InChI=1S/2C11H10O2.C11H10O.C10H8O.C10H7O.C10H8O.2C6H5NO3.C6H5NO2S.C6H5O.4No/c1-13-11-5-3-8-2-4-10(12)6-9(8)7-11;1-13-11-7-6-10(12)8-4-2-3-5-9(8)11;1-8-6-7-9-4-2-3-5-10(9)11(8)12;2*11-10-7-3-5-8-4-1-2-6-9(8)10;11-10-6-5-8-3-1-2-4-9(8)7-10;8-6-3-1-5(2-4-6)7(9)10;8-6-3-1-2-5(4-6)7(9)10;8-7(9)5-1-3-6(10)4-2-5;7-6-4-2-1-3-5-6;;;;/h2*2-7,12H,1H3;2-7,12H,1H3;1-7,11H;1-6,11H;1-7,11H;2*1-4,8H;1-4,10H;1-4,7H;;;;/q;;;;-1;;;;;-1;;;;. The average Bonchev–Trinajstić information content (AvgIpc) is 0.843. The number of nitro groups is 3. The Morgan fingerprint density at radius 2 is 0.759 bits per heavy atom. The maximum Gasteiger partial charge on any atom is 0.273 e. The van der Waals surface area contributed by atoms with Crippen LogP contribution in [0.2, 0.25) is 0 Å². The van der Waals surface area contributed by atoms with Gasteiger partial charge >= 0.3 is 0 Å². The molecule has 0 aliphatic carbocycles. The van der Waals surface area contributed by atoms with Crippen molar-refractivity contribution in [1.82, 2.24) is 0 Å². The van der Waals surface area contributed by atoms with Gasteiger partial charge in [-0.1, -0.05) is 169 Å². The Bertz CT molecular complexity index is 5450. The minimum Gasteiger partial charge on any atom is -0.534 e. The maximum absolute atomic E-state index is 10.1. The van der Waals surface area contributed by atoms with E-state index in [1.807, 2.05) is 189 Å². The van der Waals surface area contributed by atoms with Crippen LogP contribution < -0.4 is 9.47 Å². The molecular formula is C87H73N3No4O17S-2. The van der Waals surface area contributed by atoms with Crippen LogP contribution >= 0.6 is 12.6 Å². The van der Waals surface area contributed by atoms with Crippen molar-refractivity contribution in [3.8, 4) is 63.2 Å². The Labute approximate surface area is 626 Å². The molecule has 0 atom stereocenters. The van der Waals surface area contributed by atoms with Gasteiger partial charge in [-0.2, -0.15) is 30.3 Å². The Balaban J connectivity index is 0.000000322. The van der Waals surface area contributed by atoms with Crippen LogP contribution in [0.5, 0.6) is 63.2 Å². The summed E-state index contributed by atoms with van der Waals surface area (Å²) < 4.78 is 10.3. The van der Waals surface area contributed by atoms with Crippen molar-refractivity contribution >= 4 is 94.3 Å². The second kappa shape index (κ2) is 44.1. The zero-order chi connectivity index (χ0) is 77.9. The molecule has 0 radical (unpaired) electrons. The molecule has 0 spiro atoms. The van der Waals surface area contributed by atoms with Crippen molar-refractivity contribution in [1.29, 1.82) is 0 Å². The first-order valence-electron chi connectivity index (χ1n) is 32.6. The van der Waals surface area contributed by atoms with Crippen molar-refractivity contribution in [2.24, 2.45) is 0 Å². The summed E-state index contributed by atoms with van der Waals surface area (Å²) in [6, 6.07) is 100. The average molecular weight is 2500 g/mol. The van der Waals surface area contributed by atoms with E-state index in [1.165, 1.54) is 54.6 Å². The van der Waals surface area contributed by atoms with Crippen molar-refractivity contribution in [3.05, 3.63) is 376 Å². The van der Waals surface area contributed by atoms with Crippen LogP contribution in [0.25, 0.3) is 64.6 Å². The molecule has 0 bridgehead atoms. The molecule has 602 valence electrons. The summed E-state index contributed by atoms with van der Waals surface area (Å²) in [6.07, 6.45) is 0. The summed E-state index contributed by atoms with van der Waals surface area (Å²) in [4.78, 5) is 29.4. The number of nitro benzene ring substituents is 3. The molecule has 16 rings (SSSR count). The van der Waals surface area contributed by atoms with E-state index in [4.69, 9.17) is 29.9 Å². The van der Waals surface area contributed by atoms with Gasteiger partial charge in [-0.15, -0.1) is 42.3 Å². The number of hydrogen-bond donors (Lipinski definition) is 10. The van der Waals surface area contributed by atoms with E-state index in [-0.39, 0.29) is 51.6 Å². The molecule has 0 aromatic heterocycles. The molecule has 0 aliphatic heterocycles. The van der Waals surface area contributed by atoms with Gasteiger partial charge in [0.2, 0.25) is 0 Å². The van der Waals surface area contributed by atoms with Gasteiger partial charge in [0.15, 0.2) is 0 Å². The normalized spacial score (nSPS) is 9.50. The summed E-state index contributed by atoms with van der Waals surface area (Å²) in [5.41, 5.74) is 0.907. The summed E-state index contributed by atoms with van der Waals surface area (Å²) in [6.45, 7) is 1.90.